The Morgan fingerprint density at radius 2 is 1.85 bits per heavy atom. The number of para-hydroxylation sites is 1. The summed E-state index contributed by atoms with van der Waals surface area (Å²) in [4.78, 5) is 26.8. The number of aryl methyl sites for hydroxylation is 3. The van der Waals surface area contributed by atoms with Crippen LogP contribution in [0.25, 0.3) is 0 Å². The lowest BCUT2D eigenvalue weighted by Gasteiger charge is -2.19. The van der Waals surface area contributed by atoms with Crippen LogP contribution >= 0.6 is 0 Å². The molecule has 1 heterocycles. The van der Waals surface area contributed by atoms with Crippen LogP contribution in [0.5, 0.6) is 0 Å². The Morgan fingerprint density at radius 1 is 1.15 bits per heavy atom. The highest BCUT2D eigenvalue weighted by Gasteiger charge is 2.33. The lowest BCUT2D eigenvalue weighted by atomic mass is 10.1. The van der Waals surface area contributed by atoms with E-state index in [1.807, 2.05) is 57.2 Å². The third kappa shape index (κ3) is 3.87. The second kappa shape index (κ2) is 7.60. The van der Waals surface area contributed by atoms with Gasteiger partial charge in [-0.15, -0.1) is 0 Å². The Bertz CT molecular complexity index is 812. The molecule has 3 amide bonds. The standard InChI is InChI=1S/C21H25N3O2/c1-4-16-7-5-6-8-18(16)22-21(26)23-19-9-10-24(20(19)25)17-12-14(2)11-15(3)13-17/h5-8,11-13,19H,4,9-10H2,1-3H3,(H2,22,23,26). The molecule has 0 aromatic heterocycles. The quantitative estimate of drug-likeness (QED) is 0.880. The molecule has 0 bridgehead atoms. The number of nitrogens with zero attached hydrogens (tertiary/aromatic N) is 1. The molecule has 1 unspecified atom stereocenters. The predicted molar refractivity (Wildman–Crippen MR) is 105 cm³/mol. The zero-order valence-electron chi connectivity index (χ0n) is 15.5. The zero-order chi connectivity index (χ0) is 18.7. The van der Waals surface area contributed by atoms with Crippen molar-refractivity contribution in [3.63, 3.8) is 0 Å². The molecule has 3 rings (SSSR count). The number of hydrogen-bond acceptors (Lipinski definition) is 2. The van der Waals surface area contributed by atoms with E-state index in [0.717, 1.165) is 34.5 Å². The SMILES string of the molecule is CCc1ccccc1NC(=O)NC1CCN(c2cc(C)cc(C)c2)C1=O. The van der Waals surface area contributed by atoms with Crippen molar-refractivity contribution in [2.75, 3.05) is 16.8 Å². The molecule has 1 aliphatic rings. The van der Waals surface area contributed by atoms with Crippen LogP contribution in [0.15, 0.2) is 42.5 Å². The molecule has 1 fully saturated rings. The van der Waals surface area contributed by atoms with Crippen LogP contribution in [0.2, 0.25) is 0 Å². The summed E-state index contributed by atoms with van der Waals surface area (Å²) in [5, 5.41) is 5.68. The van der Waals surface area contributed by atoms with E-state index in [0.29, 0.717) is 13.0 Å². The van der Waals surface area contributed by atoms with Gasteiger partial charge < -0.3 is 15.5 Å². The van der Waals surface area contributed by atoms with Gasteiger partial charge in [-0.3, -0.25) is 4.79 Å². The van der Waals surface area contributed by atoms with Gasteiger partial charge >= 0.3 is 6.03 Å². The fourth-order valence-electron chi connectivity index (χ4n) is 3.44. The van der Waals surface area contributed by atoms with E-state index >= 15 is 0 Å². The molecular weight excluding hydrogens is 326 g/mol. The van der Waals surface area contributed by atoms with Crippen LogP contribution in [0, 0.1) is 13.8 Å². The summed E-state index contributed by atoms with van der Waals surface area (Å²) in [5.74, 6) is -0.0612. The van der Waals surface area contributed by atoms with Crippen LogP contribution in [-0.4, -0.2) is 24.5 Å². The van der Waals surface area contributed by atoms with Crippen molar-refractivity contribution < 1.29 is 9.59 Å². The molecule has 2 N–H and O–H groups in total. The number of carbonyl (C=O) groups is 2. The number of urea groups is 1. The van der Waals surface area contributed by atoms with Crippen LogP contribution in [0.1, 0.15) is 30.0 Å². The second-order valence-electron chi connectivity index (χ2n) is 6.79. The first kappa shape index (κ1) is 18.0. The summed E-state index contributed by atoms with van der Waals surface area (Å²) in [5.41, 5.74) is 4.99. The molecule has 2 aromatic rings. The van der Waals surface area contributed by atoms with Gasteiger partial charge in [0.15, 0.2) is 0 Å². The van der Waals surface area contributed by atoms with Gasteiger partial charge in [0.1, 0.15) is 6.04 Å². The largest absolute Gasteiger partial charge is 0.326 e. The third-order valence-electron chi connectivity index (χ3n) is 4.68. The van der Waals surface area contributed by atoms with Crippen molar-refractivity contribution in [2.45, 2.75) is 39.7 Å². The van der Waals surface area contributed by atoms with E-state index in [-0.39, 0.29) is 11.9 Å². The molecule has 2 aromatic carbocycles. The van der Waals surface area contributed by atoms with Crippen molar-refractivity contribution >= 4 is 23.3 Å². The second-order valence-corrected chi connectivity index (χ2v) is 6.79. The van der Waals surface area contributed by atoms with Crippen LogP contribution in [0.3, 0.4) is 0 Å². The topological polar surface area (TPSA) is 61.4 Å². The van der Waals surface area contributed by atoms with Gasteiger partial charge in [0.2, 0.25) is 5.91 Å². The minimum Gasteiger partial charge on any atom is -0.326 e. The van der Waals surface area contributed by atoms with Crippen LogP contribution in [0.4, 0.5) is 16.2 Å². The van der Waals surface area contributed by atoms with Crippen molar-refractivity contribution in [1.29, 1.82) is 0 Å². The highest BCUT2D eigenvalue weighted by molar-refractivity contribution is 6.02. The first-order chi connectivity index (χ1) is 12.5. The van der Waals surface area contributed by atoms with Crippen LogP contribution in [-0.2, 0) is 11.2 Å². The Balaban J connectivity index is 1.66. The molecule has 5 heteroatoms. The Hall–Kier alpha value is -2.82. The molecule has 136 valence electrons. The van der Waals surface area contributed by atoms with E-state index in [9.17, 15) is 9.59 Å². The number of carbonyl (C=O) groups excluding carboxylic acids is 2. The Labute approximate surface area is 154 Å². The van der Waals surface area contributed by atoms with Crippen molar-refractivity contribution in [3.8, 4) is 0 Å². The third-order valence-corrected chi connectivity index (χ3v) is 4.68. The summed E-state index contributed by atoms with van der Waals surface area (Å²) < 4.78 is 0. The molecule has 0 saturated carbocycles. The molecule has 1 atom stereocenters. The smallest absolute Gasteiger partial charge is 0.319 e. The highest BCUT2D eigenvalue weighted by Crippen LogP contribution is 2.24. The molecule has 5 nitrogen and oxygen atoms in total. The van der Waals surface area contributed by atoms with E-state index < -0.39 is 6.04 Å². The lowest BCUT2D eigenvalue weighted by Crippen LogP contribution is -2.43. The predicted octanol–water partition coefficient (Wildman–Crippen LogP) is 3.79. The van der Waals surface area contributed by atoms with Gasteiger partial charge in [-0.25, -0.2) is 4.79 Å². The number of amides is 3. The lowest BCUT2D eigenvalue weighted by molar-refractivity contribution is -0.118. The van der Waals surface area contributed by atoms with Gasteiger partial charge in [-0.2, -0.15) is 0 Å². The first-order valence-corrected chi connectivity index (χ1v) is 9.03. The minimum absolute atomic E-state index is 0.0612. The maximum atomic E-state index is 12.7. The van der Waals surface area contributed by atoms with Crippen molar-refractivity contribution in [3.05, 3.63) is 59.2 Å². The van der Waals surface area contributed by atoms with Crippen LogP contribution < -0.4 is 15.5 Å². The average molecular weight is 351 g/mol. The first-order valence-electron chi connectivity index (χ1n) is 9.03. The molecule has 0 spiro atoms. The molecule has 0 radical (unpaired) electrons. The van der Waals surface area contributed by atoms with Gasteiger partial charge in [0.05, 0.1) is 0 Å². The summed E-state index contributed by atoms with van der Waals surface area (Å²) >= 11 is 0. The number of rotatable bonds is 4. The van der Waals surface area contributed by atoms with E-state index in [2.05, 4.69) is 16.7 Å². The van der Waals surface area contributed by atoms with Gasteiger partial charge in [0.25, 0.3) is 0 Å². The van der Waals surface area contributed by atoms with Crippen molar-refractivity contribution in [2.24, 2.45) is 0 Å². The fraction of sp³-hybridized carbons (Fsp3) is 0.333. The van der Waals surface area contributed by atoms with Gasteiger partial charge in [-0.05, 0) is 61.6 Å². The zero-order valence-corrected chi connectivity index (χ0v) is 15.5. The summed E-state index contributed by atoms with van der Waals surface area (Å²) in [6.07, 6.45) is 1.44. The number of anilines is 2. The van der Waals surface area contributed by atoms with E-state index in [4.69, 9.17) is 0 Å². The van der Waals surface area contributed by atoms with E-state index in [1.54, 1.807) is 4.90 Å². The summed E-state index contributed by atoms with van der Waals surface area (Å²) in [6, 6.07) is 12.9. The van der Waals surface area contributed by atoms with Crippen molar-refractivity contribution in [1.82, 2.24) is 5.32 Å². The maximum absolute atomic E-state index is 12.7. The molecule has 1 aliphatic heterocycles. The number of benzene rings is 2. The average Bonchev–Trinajstić information content (AvgIpc) is 2.95. The summed E-state index contributed by atoms with van der Waals surface area (Å²) in [6.45, 7) is 6.69. The molecular formula is C21H25N3O2. The monoisotopic (exact) mass is 351 g/mol. The fourth-order valence-corrected chi connectivity index (χ4v) is 3.44. The normalized spacial score (nSPS) is 16.7. The molecule has 26 heavy (non-hydrogen) atoms. The minimum atomic E-state index is -0.496. The number of nitrogens with one attached hydrogen (secondary N) is 2. The number of hydrogen-bond donors (Lipinski definition) is 2. The summed E-state index contributed by atoms with van der Waals surface area (Å²) in [7, 11) is 0. The van der Waals surface area contributed by atoms with Gasteiger partial charge in [0, 0.05) is 17.9 Å². The molecule has 0 aliphatic carbocycles. The maximum Gasteiger partial charge on any atom is 0.319 e. The highest BCUT2D eigenvalue weighted by atomic mass is 16.2. The Morgan fingerprint density at radius 3 is 2.54 bits per heavy atom. The Kier molecular flexibility index (Phi) is 5.26. The van der Waals surface area contributed by atoms with Gasteiger partial charge in [-0.1, -0.05) is 31.2 Å². The molecule has 1 saturated heterocycles. The van der Waals surface area contributed by atoms with E-state index in [1.165, 1.54) is 0 Å².